The van der Waals surface area contributed by atoms with Gasteiger partial charge in [0.25, 0.3) is 0 Å². The maximum atomic E-state index is 10.6. The highest BCUT2D eigenvalue weighted by Gasteiger charge is 2.18. The number of hydrogen-bond acceptors (Lipinski definition) is 5. The average Bonchev–Trinajstić information content (AvgIpc) is 2.73. The Labute approximate surface area is 96.8 Å². The Morgan fingerprint density at radius 2 is 2.29 bits per heavy atom. The zero-order valence-corrected chi connectivity index (χ0v) is 9.49. The SMILES string of the molecule is Cc1nn(C)cc1Cn1ncc([N+](=O)[O-])c1N. The van der Waals surface area contributed by atoms with Gasteiger partial charge >= 0.3 is 5.69 Å². The smallest absolute Gasteiger partial charge is 0.330 e. The molecule has 2 heterocycles. The topological polar surface area (TPSA) is 105 Å². The van der Waals surface area contributed by atoms with E-state index in [0.717, 1.165) is 17.5 Å². The molecule has 0 radical (unpaired) electrons. The summed E-state index contributed by atoms with van der Waals surface area (Å²) in [5, 5.41) is 18.7. The number of nitrogens with zero attached hydrogens (tertiary/aromatic N) is 5. The molecule has 17 heavy (non-hydrogen) atoms. The fourth-order valence-corrected chi connectivity index (χ4v) is 1.62. The minimum Gasteiger partial charge on any atom is -0.378 e. The van der Waals surface area contributed by atoms with Crippen LogP contribution in [0.4, 0.5) is 11.5 Å². The third kappa shape index (κ3) is 1.96. The van der Waals surface area contributed by atoms with Crippen LogP contribution in [0.1, 0.15) is 11.3 Å². The second kappa shape index (κ2) is 3.89. The van der Waals surface area contributed by atoms with Crippen molar-refractivity contribution in [2.24, 2.45) is 7.05 Å². The van der Waals surface area contributed by atoms with Gasteiger partial charge in [0.15, 0.2) is 0 Å². The molecule has 2 aromatic heterocycles. The number of anilines is 1. The minimum absolute atomic E-state index is 0.0539. The summed E-state index contributed by atoms with van der Waals surface area (Å²) in [6, 6.07) is 0. The molecule has 0 atom stereocenters. The van der Waals surface area contributed by atoms with Gasteiger partial charge in [-0.05, 0) is 6.92 Å². The van der Waals surface area contributed by atoms with E-state index in [1.807, 2.05) is 20.2 Å². The van der Waals surface area contributed by atoms with Gasteiger partial charge in [0, 0.05) is 18.8 Å². The van der Waals surface area contributed by atoms with Crippen LogP contribution in [0.5, 0.6) is 0 Å². The summed E-state index contributed by atoms with van der Waals surface area (Å²) in [7, 11) is 1.81. The second-order valence-electron chi connectivity index (χ2n) is 3.74. The Hall–Kier alpha value is -2.38. The molecule has 0 aromatic carbocycles. The Morgan fingerprint density at radius 3 is 2.76 bits per heavy atom. The minimum atomic E-state index is -0.547. The van der Waals surface area contributed by atoms with Gasteiger partial charge in [0.05, 0.1) is 17.2 Å². The Bertz CT molecular complexity index is 570. The van der Waals surface area contributed by atoms with Gasteiger partial charge in [-0.15, -0.1) is 0 Å². The molecule has 0 aliphatic heterocycles. The van der Waals surface area contributed by atoms with Gasteiger partial charge in [-0.25, -0.2) is 4.68 Å². The highest BCUT2D eigenvalue weighted by atomic mass is 16.6. The molecule has 2 rings (SSSR count). The first-order chi connectivity index (χ1) is 7.99. The number of nitrogens with two attached hydrogens (primary N) is 1. The normalized spacial score (nSPS) is 10.7. The lowest BCUT2D eigenvalue weighted by molar-refractivity contribution is -0.384. The molecule has 8 heteroatoms. The van der Waals surface area contributed by atoms with Crippen molar-refractivity contribution < 1.29 is 4.92 Å². The van der Waals surface area contributed by atoms with Crippen molar-refractivity contribution in [3.63, 3.8) is 0 Å². The van der Waals surface area contributed by atoms with E-state index in [9.17, 15) is 10.1 Å². The molecule has 2 N–H and O–H groups in total. The van der Waals surface area contributed by atoms with Crippen molar-refractivity contribution in [3.05, 3.63) is 33.8 Å². The van der Waals surface area contributed by atoms with Crippen LogP contribution in [0.25, 0.3) is 0 Å². The van der Waals surface area contributed by atoms with Gasteiger partial charge in [-0.1, -0.05) is 0 Å². The molecule has 0 fully saturated rings. The van der Waals surface area contributed by atoms with Crippen molar-refractivity contribution >= 4 is 11.5 Å². The van der Waals surface area contributed by atoms with E-state index in [0.29, 0.717) is 6.54 Å². The molecule has 0 aliphatic carbocycles. The van der Waals surface area contributed by atoms with Crippen LogP contribution in [0.3, 0.4) is 0 Å². The third-order valence-corrected chi connectivity index (χ3v) is 2.49. The molecule has 0 spiro atoms. The van der Waals surface area contributed by atoms with Crippen LogP contribution >= 0.6 is 0 Å². The first kappa shape index (κ1) is 11.1. The monoisotopic (exact) mass is 236 g/mol. The van der Waals surface area contributed by atoms with E-state index in [4.69, 9.17) is 5.73 Å². The summed E-state index contributed by atoms with van der Waals surface area (Å²) in [6.07, 6.45) is 2.99. The van der Waals surface area contributed by atoms with Crippen LogP contribution in [0.2, 0.25) is 0 Å². The first-order valence-electron chi connectivity index (χ1n) is 4.94. The van der Waals surface area contributed by atoms with E-state index in [-0.39, 0.29) is 11.5 Å². The van der Waals surface area contributed by atoms with Gasteiger partial charge < -0.3 is 5.73 Å². The van der Waals surface area contributed by atoms with Gasteiger partial charge in [0.2, 0.25) is 5.82 Å². The molecule has 8 nitrogen and oxygen atoms in total. The number of aryl methyl sites for hydroxylation is 2. The zero-order valence-electron chi connectivity index (χ0n) is 9.49. The molecule has 0 amide bonds. The maximum absolute atomic E-state index is 10.6. The Kier molecular flexibility index (Phi) is 2.54. The van der Waals surface area contributed by atoms with E-state index < -0.39 is 4.92 Å². The molecular formula is C9H12N6O2. The molecule has 2 aromatic rings. The van der Waals surface area contributed by atoms with Crippen molar-refractivity contribution in [3.8, 4) is 0 Å². The number of aromatic nitrogens is 4. The highest BCUT2D eigenvalue weighted by Crippen LogP contribution is 2.21. The van der Waals surface area contributed by atoms with Crippen molar-refractivity contribution in [2.45, 2.75) is 13.5 Å². The number of hydrogen-bond donors (Lipinski definition) is 1. The molecule has 0 aliphatic rings. The summed E-state index contributed by atoms with van der Waals surface area (Å²) in [4.78, 5) is 10.1. The van der Waals surface area contributed by atoms with Crippen molar-refractivity contribution in [1.82, 2.24) is 19.6 Å². The number of rotatable bonds is 3. The Morgan fingerprint density at radius 1 is 1.59 bits per heavy atom. The summed E-state index contributed by atoms with van der Waals surface area (Å²) in [6.45, 7) is 2.24. The predicted octanol–water partition coefficient (Wildman–Crippen LogP) is 0.464. The molecule has 90 valence electrons. The van der Waals surface area contributed by atoms with E-state index in [1.54, 1.807) is 4.68 Å². The zero-order chi connectivity index (χ0) is 12.6. The molecule has 0 saturated heterocycles. The maximum Gasteiger partial charge on any atom is 0.330 e. The third-order valence-electron chi connectivity index (χ3n) is 2.49. The first-order valence-corrected chi connectivity index (χ1v) is 4.94. The Balaban J connectivity index is 2.31. The second-order valence-corrected chi connectivity index (χ2v) is 3.74. The standard InChI is InChI=1S/C9H12N6O2/c1-6-7(4-13(2)12-6)5-14-9(10)8(3-11-14)15(16)17/h3-4H,5,10H2,1-2H3. The molecule has 0 saturated carbocycles. The lowest BCUT2D eigenvalue weighted by Crippen LogP contribution is -2.07. The average molecular weight is 236 g/mol. The van der Waals surface area contributed by atoms with Crippen LogP contribution in [-0.2, 0) is 13.6 Å². The van der Waals surface area contributed by atoms with Gasteiger partial charge in [-0.3, -0.25) is 14.8 Å². The molecule has 0 unspecified atom stereocenters. The van der Waals surface area contributed by atoms with E-state index >= 15 is 0 Å². The predicted molar refractivity (Wildman–Crippen MR) is 60.3 cm³/mol. The quantitative estimate of drug-likeness (QED) is 0.615. The van der Waals surface area contributed by atoms with Crippen molar-refractivity contribution in [2.75, 3.05) is 5.73 Å². The van der Waals surface area contributed by atoms with E-state index in [1.165, 1.54) is 4.68 Å². The number of nitrogen functional groups attached to an aromatic ring is 1. The van der Waals surface area contributed by atoms with Gasteiger partial charge in [0.1, 0.15) is 6.20 Å². The van der Waals surface area contributed by atoms with Crippen LogP contribution in [-0.4, -0.2) is 24.5 Å². The van der Waals surface area contributed by atoms with Crippen LogP contribution in [0, 0.1) is 17.0 Å². The summed E-state index contributed by atoms with van der Waals surface area (Å²) in [5.74, 6) is 0.0539. The van der Waals surface area contributed by atoms with Gasteiger partial charge in [-0.2, -0.15) is 10.2 Å². The fourth-order valence-electron chi connectivity index (χ4n) is 1.62. The fraction of sp³-hybridized carbons (Fsp3) is 0.333. The molecule has 0 bridgehead atoms. The van der Waals surface area contributed by atoms with Crippen LogP contribution in [0.15, 0.2) is 12.4 Å². The lowest BCUT2D eigenvalue weighted by atomic mass is 10.3. The summed E-state index contributed by atoms with van der Waals surface area (Å²) in [5.41, 5.74) is 7.25. The summed E-state index contributed by atoms with van der Waals surface area (Å²) < 4.78 is 3.07. The lowest BCUT2D eigenvalue weighted by Gasteiger charge is -2.01. The largest absolute Gasteiger partial charge is 0.378 e. The van der Waals surface area contributed by atoms with Crippen LogP contribution < -0.4 is 5.73 Å². The molecular weight excluding hydrogens is 224 g/mol. The van der Waals surface area contributed by atoms with E-state index in [2.05, 4.69) is 10.2 Å². The summed E-state index contributed by atoms with van der Waals surface area (Å²) >= 11 is 0. The van der Waals surface area contributed by atoms with Crippen molar-refractivity contribution in [1.29, 1.82) is 0 Å². The highest BCUT2D eigenvalue weighted by molar-refractivity contribution is 5.51. The number of nitro groups is 1.